The molecule has 3 rings (SSSR count). The highest BCUT2D eigenvalue weighted by Crippen LogP contribution is 2.20. The van der Waals surface area contributed by atoms with E-state index in [0.717, 1.165) is 11.1 Å². The van der Waals surface area contributed by atoms with Crippen LogP contribution in [0.3, 0.4) is 0 Å². The maximum atomic E-state index is 12.3. The lowest BCUT2D eigenvalue weighted by molar-refractivity contribution is 0.102. The standard InChI is InChI=1S/C19H17ClN4O/c1-13-9-15(20)7-8-16(13)24-19(25)17-11-23-18(12-21-17)22-10-14-5-3-2-4-6-14/h2-9,11-12H,10H2,1H3,(H,22,23)(H,24,25). The summed E-state index contributed by atoms with van der Waals surface area (Å²) < 4.78 is 0. The van der Waals surface area contributed by atoms with Crippen molar-refractivity contribution in [3.05, 3.63) is 82.8 Å². The van der Waals surface area contributed by atoms with Gasteiger partial charge in [-0.15, -0.1) is 0 Å². The predicted octanol–water partition coefficient (Wildman–Crippen LogP) is 4.30. The van der Waals surface area contributed by atoms with Gasteiger partial charge in [-0.3, -0.25) is 4.79 Å². The molecule has 0 bridgehead atoms. The van der Waals surface area contributed by atoms with Crippen molar-refractivity contribution in [1.29, 1.82) is 0 Å². The molecule has 0 unspecified atom stereocenters. The molecule has 2 aromatic carbocycles. The monoisotopic (exact) mass is 352 g/mol. The molecule has 0 saturated heterocycles. The summed E-state index contributed by atoms with van der Waals surface area (Å²) in [7, 11) is 0. The zero-order valence-electron chi connectivity index (χ0n) is 13.7. The van der Waals surface area contributed by atoms with Crippen LogP contribution < -0.4 is 10.6 Å². The van der Waals surface area contributed by atoms with Gasteiger partial charge in [-0.25, -0.2) is 9.97 Å². The van der Waals surface area contributed by atoms with Gasteiger partial charge in [-0.1, -0.05) is 41.9 Å². The van der Waals surface area contributed by atoms with Gasteiger partial charge in [-0.2, -0.15) is 0 Å². The smallest absolute Gasteiger partial charge is 0.275 e. The van der Waals surface area contributed by atoms with Gasteiger partial charge >= 0.3 is 0 Å². The zero-order valence-corrected chi connectivity index (χ0v) is 14.4. The second kappa shape index (κ2) is 7.77. The number of aryl methyl sites for hydroxylation is 1. The molecule has 6 heteroatoms. The molecule has 1 aromatic heterocycles. The minimum absolute atomic E-state index is 0.250. The van der Waals surface area contributed by atoms with Gasteiger partial charge in [0, 0.05) is 17.3 Å². The summed E-state index contributed by atoms with van der Waals surface area (Å²) in [4.78, 5) is 20.7. The molecular weight excluding hydrogens is 336 g/mol. The molecule has 25 heavy (non-hydrogen) atoms. The highest BCUT2D eigenvalue weighted by molar-refractivity contribution is 6.30. The van der Waals surface area contributed by atoms with Gasteiger partial charge in [0.2, 0.25) is 0 Å². The summed E-state index contributed by atoms with van der Waals surface area (Å²) >= 11 is 5.92. The molecule has 0 atom stereocenters. The van der Waals surface area contributed by atoms with E-state index in [4.69, 9.17) is 11.6 Å². The number of halogens is 1. The first-order valence-electron chi connectivity index (χ1n) is 7.79. The molecule has 0 aliphatic carbocycles. The number of rotatable bonds is 5. The maximum Gasteiger partial charge on any atom is 0.275 e. The Morgan fingerprint density at radius 2 is 1.88 bits per heavy atom. The predicted molar refractivity (Wildman–Crippen MR) is 99.9 cm³/mol. The van der Waals surface area contributed by atoms with E-state index < -0.39 is 0 Å². The molecule has 1 amide bonds. The van der Waals surface area contributed by atoms with Crippen LogP contribution in [0.25, 0.3) is 0 Å². The molecule has 0 aliphatic heterocycles. The van der Waals surface area contributed by atoms with Crippen LogP contribution in [0.1, 0.15) is 21.6 Å². The summed E-state index contributed by atoms with van der Waals surface area (Å²) in [6, 6.07) is 15.3. The fourth-order valence-corrected chi connectivity index (χ4v) is 2.51. The molecule has 5 nitrogen and oxygen atoms in total. The number of anilines is 2. The zero-order chi connectivity index (χ0) is 17.6. The Morgan fingerprint density at radius 3 is 2.56 bits per heavy atom. The third-order valence-electron chi connectivity index (χ3n) is 3.64. The van der Waals surface area contributed by atoms with Crippen molar-refractivity contribution in [3.8, 4) is 0 Å². The van der Waals surface area contributed by atoms with Crippen LogP contribution in [0.15, 0.2) is 60.9 Å². The average molecular weight is 353 g/mol. The largest absolute Gasteiger partial charge is 0.365 e. The first kappa shape index (κ1) is 16.9. The van der Waals surface area contributed by atoms with E-state index >= 15 is 0 Å². The molecule has 0 fully saturated rings. The van der Waals surface area contributed by atoms with Crippen molar-refractivity contribution in [2.24, 2.45) is 0 Å². The Balaban J connectivity index is 1.62. The number of aromatic nitrogens is 2. The minimum atomic E-state index is -0.312. The Kier molecular flexibility index (Phi) is 5.26. The summed E-state index contributed by atoms with van der Waals surface area (Å²) in [5.41, 5.74) is 2.97. The first-order chi connectivity index (χ1) is 12.1. The fourth-order valence-electron chi connectivity index (χ4n) is 2.28. The van der Waals surface area contributed by atoms with Gasteiger partial charge in [0.25, 0.3) is 5.91 Å². The normalized spacial score (nSPS) is 10.3. The number of carbonyl (C=O) groups excluding carboxylic acids is 1. The van der Waals surface area contributed by atoms with E-state index in [1.165, 1.54) is 6.20 Å². The molecule has 0 saturated carbocycles. The number of hydrogen-bond acceptors (Lipinski definition) is 4. The number of nitrogens with zero attached hydrogens (tertiary/aromatic N) is 2. The molecule has 0 spiro atoms. The van der Waals surface area contributed by atoms with Gasteiger partial charge < -0.3 is 10.6 Å². The second-order valence-corrected chi connectivity index (χ2v) is 5.98. The van der Waals surface area contributed by atoms with Crippen molar-refractivity contribution in [2.75, 3.05) is 10.6 Å². The van der Waals surface area contributed by atoms with Gasteiger partial charge in [-0.05, 0) is 36.2 Å². The summed E-state index contributed by atoms with van der Waals surface area (Å²) in [6.45, 7) is 2.52. The fraction of sp³-hybridized carbons (Fsp3) is 0.105. The van der Waals surface area contributed by atoms with Gasteiger partial charge in [0.1, 0.15) is 11.5 Å². The summed E-state index contributed by atoms with van der Waals surface area (Å²) in [5.74, 6) is 0.301. The van der Waals surface area contributed by atoms with Crippen molar-refractivity contribution in [3.63, 3.8) is 0 Å². The van der Waals surface area contributed by atoms with E-state index in [0.29, 0.717) is 23.1 Å². The van der Waals surface area contributed by atoms with Crippen LogP contribution in [0.4, 0.5) is 11.5 Å². The van der Waals surface area contributed by atoms with Crippen LogP contribution in [-0.4, -0.2) is 15.9 Å². The van der Waals surface area contributed by atoms with E-state index in [9.17, 15) is 4.79 Å². The lowest BCUT2D eigenvalue weighted by Crippen LogP contribution is -2.15. The molecular formula is C19H17ClN4O. The SMILES string of the molecule is Cc1cc(Cl)ccc1NC(=O)c1cnc(NCc2ccccc2)cn1. The van der Waals surface area contributed by atoms with Crippen molar-refractivity contribution in [1.82, 2.24) is 9.97 Å². The molecule has 126 valence electrons. The quantitative estimate of drug-likeness (QED) is 0.718. The average Bonchev–Trinajstić information content (AvgIpc) is 2.63. The number of hydrogen-bond donors (Lipinski definition) is 2. The second-order valence-electron chi connectivity index (χ2n) is 5.54. The third-order valence-corrected chi connectivity index (χ3v) is 3.87. The van der Waals surface area contributed by atoms with Gasteiger partial charge in [0.15, 0.2) is 0 Å². The third kappa shape index (κ3) is 4.55. The van der Waals surface area contributed by atoms with Crippen LogP contribution in [-0.2, 0) is 6.54 Å². The number of carbonyl (C=O) groups is 1. The van der Waals surface area contributed by atoms with E-state index in [2.05, 4.69) is 20.6 Å². The highest BCUT2D eigenvalue weighted by Gasteiger charge is 2.10. The van der Waals surface area contributed by atoms with E-state index in [-0.39, 0.29) is 11.6 Å². The van der Waals surface area contributed by atoms with Crippen LogP contribution in [0.2, 0.25) is 5.02 Å². The summed E-state index contributed by atoms with van der Waals surface area (Å²) in [6.07, 6.45) is 3.00. The van der Waals surface area contributed by atoms with Crippen LogP contribution >= 0.6 is 11.6 Å². The van der Waals surface area contributed by atoms with Crippen LogP contribution in [0.5, 0.6) is 0 Å². The summed E-state index contributed by atoms with van der Waals surface area (Å²) in [5, 5.41) is 6.61. The molecule has 3 aromatic rings. The van der Waals surface area contributed by atoms with E-state index in [1.807, 2.05) is 37.3 Å². The highest BCUT2D eigenvalue weighted by atomic mass is 35.5. The van der Waals surface area contributed by atoms with Gasteiger partial charge in [0.05, 0.1) is 12.4 Å². The Morgan fingerprint density at radius 1 is 1.08 bits per heavy atom. The number of benzene rings is 2. The van der Waals surface area contributed by atoms with Crippen molar-refractivity contribution < 1.29 is 4.79 Å². The Bertz CT molecular complexity index is 866. The number of amides is 1. The Hall–Kier alpha value is -2.92. The molecule has 1 heterocycles. The van der Waals surface area contributed by atoms with Crippen LogP contribution in [0, 0.1) is 6.92 Å². The lowest BCUT2D eigenvalue weighted by atomic mass is 10.2. The minimum Gasteiger partial charge on any atom is -0.365 e. The topological polar surface area (TPSA) is 66.9 Å². The Labute approximate surface area is 151 Å². The van der Waals surface area contributed by atoms with Crippen molar-refractivity contribution >= 4 is 29.0 Å². The molecule has 0 aliphatic rings. The maximum absolute atomic E-state index is 12.3. The first-order valence-corrected chi connectivity index (χ1v) is 8.17. The van der Waals surface area contributed by atoms with E-state index in [1.54, 1.807) is 24.4 Å². The van der Waals surface area contributed by atoms with Crippen molar-refractivity contribution in [2.45, 2.75) is 13.5 Å². The lowest BCUT2D eigenvalue weighted by Gasteiger charge is -2.09. The molecule has 2 N–H and O–H groups in total. The number of nitrogens with one attached hydrogen (secondary N) is 2. The molecule has 0 radical (unpaired) electrons.